The van der Waals surface area contributed by atoms with Gasteiger partial charge in [-0.2, -0.15) is 0 Å². The Morgan fingerprint density at radius 1 is 0.944 bits per heavy atom. The summed E-state index contributed by atoms with van der Waals surface area (Å²) in [4.78, 5) is 0. The number of rotatable bonds is 4. The number of nitrogens with two attached hydrogens (primary N) is 1. The molecule has 2 aromatic rings. The van der Waals surface area contributed by atoms with Crippen LogP contribution >= 0.6 is 0 Å². The van der Waals surface area contributed by atoms with Crippen molar-refractivity contribution in [3.05, 3.63) is 71.3 Å². The van der Waals surface area contributed by atoms with E-state index in [0.29, 0.717) is 6.42 Å². The third kappa shape index (κ3) is 3.19. The number of benzene rings is 2. The first-order valence-electron chi connectivity index (χ1n) is 6.22. The van der Waals surface area contributed by atoms with Crippen LogP contribution in [0, 0.1) is 6.92 Å². The fraction of sp³-hybridized carbons (Fsp3) is 0.250. The van der Waals surface area contributed by atoms with Crippen molar-refractivity contribution < 1.29 is 5.11 Å². The highest BCUT2D eigenvalue weighted by atomic mass is 16.3. The van der Waals surface area contributed by atoms with E-state index in [1.54, 1.807) is 0 Å². The minimum Gasteiger partial charge on any atom is -0.388 e. The quantitative estimate of drug-likeness (QED) is 0.864. The van der Waals surface area contributed by atoms with Crippen LogP contribution in [-0.2, 0) is 0 Å². The van der Waals surface area contributed by atoms with Crippen molar-refractivity contribution in [1.29, 1.82) is 0 Å². The Bertz CT molecular complexity index is 478. The first-order valence-corrected chi connectivity index (χ1v) is 6.22. The fourth-order valence-electron chi connectivity index (χ4n) is 2.00. The molecule has 0 aromatic heterocycles. The largest absolute Gasteiger partial charge is 0.388 e. The van der Waals surface area contributed by atoms with Crippen LogP contribution in [-0.4, -0.2) is 5.11 Å². The molecule has 0 saturated heterocycles. The van der Waals surface area contributed by atoms with Gasteiger partial charge in [0.25, 0.3) is 0 Å². The van der Waals surface area contributed by atoms with Crippen LogP contribution in [0.15, 0.2) is 54.6 Å². The second-order valence-corrected chi connectivity index (χ2v) is 4.68. The topological polar surface area (TPSA) is 46.2 Å². The number of aliphatic hydroxyl groups excluding tert-OH is 1. The fourth-order valence-corrected chi connectivity index (χ4v) is 2.00. The van der Waals surface area contributed by atoms with Crippen molar-refractivity contribution in [3.8, 4) is 0 Å². The molecule has 0 aliphatic rings. The first kappa shape index (κ1) is 12.8. The predicted octanol–water partition coefficient (Wildman–Crippen LogP) is 3.12. The smallest absolute Gasteiger partial charge is 0.0808 e. The highest BCUT2D eigenvalue weighted by Crippen LogP contribution is 2.24. The molecule has 0 saturated carbocycles. The van der Waals surface area contributed by atoms with Gasteiger partial charge in [0, 0.05) is 6.04 Å². The molecule has 0 fully saturated rings. The Morgan fingerprint density at radius 3 is 2.17 bits per heavy atom. The molecule has 0 aliphatic carbocycles. The molecule has 18 heavy (non-hydrogen) atoms. The Morgan fingerprint density at radius 2 is 1.56 bits per heavy atom. The van der Waals surface area contributed by atoms with Gasteiger partial charge < -0.3 is 10.8 Å². The standard InChI is InChI=1S/C16H19NO/c1-12-7-9-14(10-8-12)16(18)11-15(17)13-5-3-2-4-6-13/h2-10,15-16,18H,11,17H2,1H3. The summed E-state index contributed by atoms with van der Waals surface area (Å²) in [5, 5.41) is 10.2. The normalized spacial score (nSPS) is 14.2. The lowest BCUT2D eigenvalue weighted by atomic mass is 9.97. The lowest BCUT2D eigenvalue weighted by Crippen LogP contribution is -2.14. The van der Waals surface area contributed by atoms with Gasteiger partial charge in [-0.15, -0.1) is 0 Å². The zero-order valence-electron chi connectivity index (χ0n) is 10.6. The van der Waals surface area contributed by atoms with Crippen LogP contribution in [0.2, 0.25) is 0 Å². The molecule has 2 unspecified atom stereocenters. The number of hydrogen-bond donors (Lipinski definition) is 2. The maximum atomic E-state index is 10.2. The van der Waals surface area contributed by atoms with Crippen molar-refractivity contribution in [2.24, 2.45) is 5.73 Å². The zero-order valence-corrected chi connectivity index (χ0v) is 10.6. The average Bonchev–Trinajstić information content (AvgIpc) is 2.40. The van der Waals surface area contributed by atoms with E-state index in [-0.39, 0.29) is 6.04 Å². The van der Waals surface area contributed by atoms with Crippen molar-refractivity contribution >= 4 is 0 Å². The average molecular weight is 241 g/mol. The van der Waals surface area contributed by atoms with Gasteiger partial charge in [-0.05, 0) is 24.5 Å². The summed E-state index contributed by atoms with van der Waals surface area (Å²) in [6.45, 7) is 2.03. The van der Waals surface area contributed by atoms with E-state index in [1.165, 1.54) is 5.56 Å². The molecule has 94 valence electrons. The van der Waals surface area contributed by atoms with Crippen LogP contribution in [0.25, 0.3) is 0 Å². The van der Waals surface area contributed by atoms with Crippen LogP contribution in [0.5, 0.6) is 0 Å². The van der Waals surface area contributed by atoms with E-state index in [2.05, 4.69) is 0 Å². The van der Waals surface area contributed by atoms with E-state index in [4.69, 9.17) is 5.73 Å². The van der Waals surface area contributed by atoms with E-state index in [9.17, 15) is 5.11 Å². The minimum absolute atomic E-state index is 0.137. The summed E-state index contributed by atoms with van der Waals surface area (Å²) in [7, 11) is 0. The van der Waals surface area contributed by atoms with Gasteiger partial charge in [0.2, 0.25) is 0 Å². The van der Waals surface area contributed by atoms with Gasteiger partial charge in [0.15, 0.2) is 0 Å². The SMILES string of the molecule is Cc1ccc(C(O)CC(N)c2ccccc2)cc1. The molecule has 0 spiro atoms. The summed E-state index contributed by atoms with van der Waals surface area (Å²) >= 11 is 0. The predicted molar refractivity (Wildman–Crippen MR) is 74.1 cm³/mol. The van der Waals surface area contributed by atoms with Gasteiger partial charge in [-0.3, -0.25) is 0 Å². The maximum absolute atomic E-state index is 10.2. The van der Waals surface area contributed by atoms with Gasteiger partial charge in [-0.25, -0.2) is 0 Å². The molecule has 0 radical (unpaired) electrons. The van der Waals surface area contributed by atoms with E-state index in [1.807, 2.05) is 61.5 Å². The minimum atomic E-state index is -0.513. The summed E-state index contributed by atoms with van der Waals surface area (Å²) in [5.41, 5.74) is 9.28. The molecule has 2 nitrogen and oxygen atoms in total. The molecule has 0 aliphatic heterocycles. The Labute approximate surface area is 108 Å². The summed E-state index contributed by atoms with van der Waals surface area (Å²) in [6, 6.07) is 17.7. The van der Waals surface area contributed by atoms with Crippen LogP contribution < -0.4 is 5.73 Å². The number of hydrogen-bond acceptors (Lipinski definition) is 2. The molecule has 2 aromatic carbocycles. The second-order valence-electron chi connectivity index (χ2n) is 4.68. The molecule has 0 bridgehead atoms. The molecular weight excluding hydrogens is 222 g/mol. The molecular formula is C16H19NO. The van der Waals surface area contributed by atoms with Crippen LogP contribution in [0.4, 0.5) is 0 Å². The van der Waals surface area contributed by atoms with E-state index < -0.39 is 6.10 Å². The number of aliphatic hydroxyl groups is 1. The first-order chi connectivity index (χ1) is 8.66. The van der Waals surface area contributed by atoms with Gasteiger partial charge in [0.1, 0.15) is 0 Å². The summed E-state index contributed by atoms with van der Waals surface area (Å²) < 4.78 is 0. The molecule has 0 heterocycles. The van der Waals surface area contributed by atoms with E-state index in [0.717, 1.165) is 11.1 Å². The molecule has 0 amide bonds. The highest BCUT2D eigenvalue weighted by molar-refractivity contribution is 5.24. The van der Waals surface area contributed by atoms with Gasteiger partial charge in [-0.1, -0.05) is 60.2 Å². The van der Waals surface area contributed by atoms with E-state index >= 15 is 0 Å². The third-order valence-corrected chi connectivity index (χ3v) is 3.17. The Hall–Kier alpha value is -1.64. The van der Waals surface area contributed by atoms with Crippen molar-refractivity contribution in [1.82, 2.24) is 0 Å². The third-order valence-electron chi connectivity index (χ3n) is 3.17. The van der Waals surface area contributed by atoms with Crippen LogP contribution in [0.1, 0.15) is 35.3 Å². The summed E-state index contributed by atoms with van der Waals surface area (Å²) in [5.74, 6) is 0. The summed E-state index contributed by atoms with van der Waals surface area (Å²) in [6.07, 6.45) is 0.0217. The number of aryl methyl sites for hydroxylation is 1. The van der Waals surface area contributed by atoms with Crippen LogP contribution in [0.3, 0.4) is 0 Å². The highest BCUT2D eigenvalue weighted by Gasteiger charge is 2.13. The molecule has 2 rings (SSSR count). The molecule has 2 heteroatoms. The van der Waals surface area contributed by atoms with Crippen molar-refractivity contribution in [2.45, 2.75) is 25.5 Å². The molecule has 2 atom stereocenters. The zero-order chi connectivity index (χ0) is 13.0. The van der Waals surface area contributed by atoms with Crippen molar-refractivity contribution in [2.75, 3.05) is 0 Å². The Kier molecular flexibility index (Phi) is 4.13. The van der Waals surface area contributed by atoms with Gasteiger partial charge in [0.05, 0.1) is 6.10 Å². The Balaban J connectivity index is 2.03. The second kappa shape index (κ2) is 5.80. The lowest BCUT2D eigenvalue weighted by molar-refractivity contribution is 0.158. The molecule has 3 N–H and O–H groups in total. The lowest BCUT2D eigenvalue weighted by Gasteiger charge is -2.17. The monoisotopic (exact) mass is 241 g/mol. The van der Waals surface area contributed by atoms with Gasteiger partial charge >= 0.3 is 0 Å². The maximum Gasteiger partial charge on any atom is 0.0808 e. The van der Waals surface area contributed by atoms with Crippen molar-refractivity contribution in [3.63, 3.8) is 0 Å².